The zero-order valence-electron chi connectivity index (χ0n) is 14.4. The lowest BCUT2D eigenvalue weighted by atomic mass is 10.1. The maximum Gasteiger partial charge on any atom is 0.315 e. The van der Waals surface area contributed by atoms with Gasteiger partial charge in [0.25, 0.3) is 0 Å². The second-order valence-electron chi connectivity index (χ2n) is 6.00. The molecule has 0 saturated heterocycles. The Hall–Kier alpha value is -3.22. The molecule has 2 aromatic heterocycles. The fourth-order valence-electron chi connectivity index (χ4n) is 2.60. The van der Waals surface area contributed by atoms with Crippen molar-refractivity contribution in [2.45, 2.75) is 25.9 Å². The first-order valence-corrected chi connectivity index (χ1v) is 8.34. The van der Waals surface area contributed by atoms with Crippen LogP contribution in [-0.4, -0.2) is 26.8 Å². The van der Waals surface area contributed by atoms with Gasteiger partial charge in [-0.15, -0.1) is 0 Å². The zero-order chi connectivity index (χ0) is 18.4. The molecule has 2 amide bonds. The highest BCUT2D eigenvalue weighted by atomic mass is 19.1. The molecule has 0 aliphatic carbocycles. The number of nitrogens with zero attached hydrogens (tertiary/aromatic N) is 3. The van der Waals surface area contributed by atoms with Gasteiger partial charge >= 0.3 is 6.03 Å². The van der Waals surface area contributed by atoms with Crippen molar-refractivity contribution >= 4 is 6.03 Å². The smallest absolute Gasteiger partial charge is 0.315 e. The van der Waals surface area contributed by atoms with Crippen molar-refractivity contribution in [1.29, 1.82) is 0 Å². The third kappa shape index (κ3) is 4.66. The lowest BCUT2D eigenvalue weighted by Crippen LogP contribution is -2.41. The van der Waals surface area contributed by atoms with Crippen LogP contribution in [-0.2, 0) is 13.0 Å². The summed E-state index contributed by atoms with van der Waals surface area (Å²) < 4.78 is 15.3. The molecular formula is C19H20FN5O. The van der Waals surface area contributed by atoms with Crippen molar-refractivity contribution in [3.8, 4) is 5.82 Å². The van der Waals surface area contributed by atoms with E-state index >= 15 is 0 Å². The number of hydrogen-bond acceptors (Lipinski definition) is 3. The summed E-state index contributed by atoms with van der Waals surface area (Å²) in [5.74, 6) is 0.423. The fourth-order valence-corrected chi connectivity index (χ4v) is 2.60. The van der Waals surface area contributed by atoms with Crippen LogP contribution in [0.25, 0.3) is 5.82 Å². The predicted octanol–water partition coefficient (Wildman–Crippen LogP) is 2.84. The molecule has 26 heavy (non-hydrogen) atoms. The van der Waals surface area contributed by atoms with Crippen LogP contribution in [0.4, 0.5) is 9.18 Å². The second kappa shape index (κ2) is 8.24. The van der Waals surface area contributed by atoms with E-state index in [9.17, 15) is 9.18 Å². The summed E-state index contributed by atoms with van der Waals surface area (Å²) in [4.78, 5) is 16.3. The first-order valence-electron chi connectivity index (χ1n) is 8.34. The molecule has 6 nitrogen and oxygen atoms in total. The van der Waals surface area contributed by atoms with Gasteiger partial charge in [0.1, 0.15) is 5.82 Å². The van der Waals surface area contributed by atoms with Gasteiger partial charge in [0.2, 0.25) is 0 Å². The van der Waals surface area contributed by atoms with Gasteiger partial charge in [0.15, 0.2) is 5.82 Å². The normalized spacial score (nSPS) is 11.8. The average molecular weight is 353 g/mol. The van der Waals surface area contributed by atoms with Gasteiger partial charge in [-0.3, -0.25) is 0 Å². The van der Waals surface area contributed by atoms with Gasteiger partial charge in [0.05, 0.1) is 0 Å². The Kier molecular flexibility index (Phi) is 5.58. The molecule has 1 atom stereocenters. The first kappa shape index (κ1) is 17.6. The average Bonchev–Trinajstić information content (AvgIpc) is 3.17. The van der Waals surface area contributed by atoms with Gasteiger partial charge in [-0.25, -0.2) is 18.9 Å². The number of urea groups is 1. The summed E-state index contributed by atoms with van der Waals surface area (Å²) in [6.07, 6.45) is 5.58. The summed E-state index contributed by atoms with van der Waals surface area (Å²) >= 11 is 0. The van der Waals surface area contributed by atoms with E-state index in [2.05, 4.69) is 20.7 Å². The number of halogens is 1. The van der Waals surface area contributed by atoms with E-state index < -0.39 is 0 Å². The number of carbonyl (C=O) groups excluding carboxylic acids is 1. The number of hydrogen-bond donors (Lipinski definition) is 2. The lowest BCUT2D eigenvalue weighted by Gasteiger charge is -2.15. The molecule has 0 aliphatic rings. The molecular weight excluding hydrogens is 333 g/mol. The number of rotatable bonds is 6. The van der Waals surface area contributed by atoms with Crippen LogP contribution in [0, 0.1) is 5.82 Å². The van der Waals surface area contributed by atoms with Gasteiger partial charge in [0, 0.05) is 31.2 Å². The number of nitrogens with one attached hydrogen (secondary N) is 2. The third-order valence-electron chi connectivity index (χ3n) is 3.86. The standard InChI is InChI=1S/C19H20FN5O/c1-14(11-16-5-2-3-6-17(16)20)24-19(26)22-13-15-7-9-21-18(12-15)25-10-4-8-23-25/h2-10,12,14H,11,13H2,1H3,(H2,22,24,26). The van der Waals surface area contributed by atoms with Crippen LogP contribution in [0.2, 0.25) is 0 Å². The summed E-state index contributed by atoms with van der Waals surface area (Å²) in [5.41, 5.74) is 1.49. The summed E-state index contributed by atoms with van der Waals surface area (Å²) in [7, 11) is 0. The molecule has 1 aromatic carbocycles. The van der Waals surface area contributed by atoms with E-state index in [1.54, 1.807) is 41.5 Å². The Morgan fingerprint density at radius 2 is 2.08 bits per heavy atom. The summed E-state index contributed by atoms with van der Waals surface area (Å²) in [6.45, 7) is 2.20. The number of carbonyl (C=O) groups is 1. The molecule has 2 heterocycles. The predicted molar refractivity (Wildman–Crippen MR) is 96.3 cm³/mol. The fraction of sp³-hybridized carbons (Fsp3) is 0.211. The maximum absolute atomic E-state index is 13.7. The van der Waals surface area contributed by atoms with E-state index in [4.69, 9.17) is 0 Å². The monoisotopic (exact) mass is 353 g/mol. The summed E-state index contributed by atoms with van der Waals surface area (Å²) in [5, 5.41) is 9.75. The minimum Gasteiger partial charge on any atom is -0.335 e. The van der Waals surface area contributed by atoms with Crippen LogP contribution in [0.1, 0.15) is 18.1 Å². The number of amides is 2. The Morgan fingerprint density at radius 3 is 2.85 bits per heavy atom. The molecule has 2 N–H and O–H groups in total. The van der Waals surface area contributed by atoms with Gasteiger partial charge < -0.3 is 10.6 Å². The number of pyridine rings is 1. The molecule has 0 bridgehead atoms. The Labute approximate surface area is 151 Å². The van der Waals surface area contributed by atoms with E-state index in [0.29, 0.717) is 24.3 Å². The van der Waals surface area contributed by atoms with Crippen molar-refractivity contribution in [2.75, 3.05) is 0 Å². The van der Waals surface area contributed by atoms with E-state index in [1.165, 1.54) is 6.07 Å². The Bertz CT molecular complexity index is 866. The SMILES string of the molecule is CC(Cc1ccccc1F)NC(=O)NCc1ccnc(-n2cccn2)c1. The van der Waals surface area contributed by atoms with Crippen molar-refractivity contribution in [2.24, 2.45) is 0 Å². The molecule has 0 aliphatic heterocycles. The van der Waals surface area contributed by atoms with Crippen LogP contribution < -0.4 is 10.6 Å². The molecule has 3 rings (SSSR count). The lowest BCUT2D eigenvalue weighted by molar-refractivity contribution is 0.237. The van der Waals surface area contributed by atoms with Gasteiger partial charge in [-0.2, -0.15) is 5.10 Å². The highest BCUT2D eigenvalue weighted by Gasteiger charge is 2.10. The highest BCUT2D eigenvalue weighted by molar-refractivity contribution is 5.74. The minimum absolute atomic E-state index is 0.191. The Morgan fingerprint density at radius 1 is 1.23 bits per heavy atom. The van der Waals surface area contributed by atoms with Gasteiger partial charge in [-0.05, 0) is 48.7 Å². The minimum atomic E-state index is -0.300. The Balaban J connectivity index is 1.51. The zero-order valence-corrected chi connectivity index (χ0v) is 14.4. The molecule has 134 valence electrons. The quantitative estimate of drug-likeness (QED) is 0.716. The van der Waals surface area contributed by atoms with Crippen molar-refractivity contribution in [1.82, 2.24) is 25.4 Å². The first-order chi connectivity index (χ1) is 12.6. The topological polar surface area (TPSA) is 71.8 Å². The van der Waals surface area contributed by atoms with E-state index in [1.807, 2.05) is 25.1 Å². The maximum atomic E-state index is 13.7. The largest absolute Gasteiger partial charge is 0.335 e. The molecule has 0 fully saturated rings. The second-order valence-corrected chi connectivity index (χ2v) is 6.00. The number of benzene rings is 1. The van der Waals surface area contributed by atoms with Crippen molar-refractivity contribution < 1.29 is 9.18 Å². The van der Waals surface area contributed by atoms with Crippen molar-refractivity contribution in [3.63, 3.8) is 0 Å². The van der Waals surface area contributed by atoms with Gasteiger partial charge in [-0.1, -0.05) is 18.2 Å². The highest BCUT2D eigenvalue weighted by Crippen LogP contribution is 2.09. The van der Waals surface area contributed by atoms with Crippen LogP contribution >= 0.6 is 0 Å². The van der Waals surface area contributed by atoms with Crippen molar-refractivity contribution in [3.05, 3.63) is 78.0 Å². The van der Waals surface area contributed by atoms with Crippen LogP contribution in [0.3, 0.4) is 0 Å². The third-order valence-corrected chi connectivity index (χ3v) is 3.86. The van der Waals surface area contributed by atoms with E-state index in [-0.39, 0.29) is 17.9 Å². The summed E-state index contributed by atoms with van der Waals surface area (Å²) in [6, 6.07) is 11.6. The molecule has 1 unspecified atom stereocenters. The molecule has 0 saturated carbocycles. The molecule has 0 spiro atoms. The van der Waals surface area contributed by atoms with Crippen LogP contribution in [0.15, 0.2) is 61.1 Å². The van der Waals surface area contributed by atoms with Crippen LogP contribution in [0.5, 0.6) is 0 Å². The molecule has 3 aromatic rings. The number of aromatic nitrogens is 3. The molecule has 7 heteroatoms. The van der Waals surface area contributed by atoms with E-state index in [0.717, 1.165) is 5.56 Å². The molecule has 0 radical (unpaired) electrons.